The van der Waals surface area contributed by atoms with Gasteiger partial charge in [-0.05, 0) is 48.5 Å². The molecule has 4 aromatic carbocycles. The molecule has 0 aromatic heterocycles. The van der Waals surface area contributed by atoms with E-state index in [1.807, 2.05) is 121 Å². The maximum atomic E-state index is 4.10. The lowest BCUT2D eigenvalue weighted by molar-refractivity contribution is 1.23. The molecule has 0 spiro atoms. The third-order valence-electron chi connectivity index (χ3n) is 3.69. The largest absolute Gasteiger partial charge is 0.301 e. The minimum atomic E-state index is 0.872. The number of hydrazine groups is 1. The summed E-state index contributed by atoms with van der Waals surface area (Å²) in [5.41, 5.74) is 10.1. The average molecular weight is 366 g/mol. The van der Waals surface area contributed by atoms with Gasteiger partial charge in [-0.15, -0.1) is 0 Å². The standard InChI is InChI=1S/C12H12N2.C12H10N2/c2*1-3-7-11(8-4-1)13-14-12-9-5-2-6-10-12/h1-10,13-14H;1-10H. The second-order valence-corrected chi connectivity index (χ2v) is 5.85. The Morgan fingerprint density at radius 2 is 0.643 bits per heavy atom. The fraction of sp³-hybridized carbons (Fsp3) is 0. The van der Waals surface area contributed by atoms with Gasteiger partial charge in [0.15, 0.2) is 0 Å². The Labute approximate surface area is 165 Å². The first kappa shape index (κ1) is 18.9. The van der Waals surface area contributed by atoms with Crippen molar-refractivity contribution < 1.29 is 0 Å². The second kappa shape index (κ2) is 10.9. The summed E-state index contributed by atoms with van der Waals surface area (Å²) in [6.07, 6.45) is 0. The van der Waals surface area contributed by atoms with E-state index in [1.54, 1.807) is 0 Å². The van der Waals surface area contributed by atoms with E-state index in [2.05, 4.69) is 21.1 Å². The van der Waals surface area contributed by atoms with E-state index in [1.165, 1.54) is 0 Å². The lowest BCUT2D eigenvalue weighted by Gasteiger charge is -2.08. The Kier molecular flexibility index (Phi) is 7.36. The van der Waals surface area contributed by atoms with Crippen LogP contribution in [0, 0.1) is 0 Å². The Morgan fingerprint density at radius 1 is 0.357 bits per heavy atom. The summed E-state index contributed by atoms with van der Waals surface area (Å²) >= 11 is 0. The van der Waals surface area contributed by atoms with Crippen LogP contribution in [0.25, 0.3) is 0 Å². The smallest absolute Gasteiger partial charge is 0.0857 e. The molecule has 0 aliphatic heterocycles. The molecular formula is C24H22N4. The van der Waals surface area contributed by atoms with E-state index in [-0.39, 0.29) is 0 Å². The molecule has 2 N–H and O–H groups in total. The molecule has 0 unspecified atom stereocenters. The molecule has 4 nitrogen and oxygen atoms in total. The number of rotatable bonds is 5. The monoisotopic (exact) mass is 366 g/mol. The Balaban J connectivity index is 0.000000161. The van der Waals surface area contributed by atoms with Crippen molar-refractivity contribution in [2.24, 2.45) is 10.2 Å². The molecule has 0 bridgehead atoms. The van der Waals surface area contributed by atoms with Crippen molar-refractivity contribution in [2.45, 2.75) is 0 Å². The lowest BCUT2D eigenvalue weighted by atomic mass is 10.3. The van der Waals surface area contributed by atoms with E-state index in [0.717, 1.165) is 22.7 Å². The van der Waals surface area contributed by atoms with Crippen LogP contribution in [0.3, 0.4) is 0 Å². The molecule has 0 radical (unpaired) electrons. The molecule has 0 amide bonds. The predicted molar refractivity (Wildman–Crippen MR) is 117 cm³/mol. The van der Waals surface area contributed by atoms with Gasteiger partial charge in [0.05, 0.1) is 22.7 Å². The van der Waals surface area contributed by atoms with E-state index >= 15 is 0 Å². The van der Waals surface area contributed by atoms with Gasteiger partial charge in [0, 0.05) is 0 Å². The van der Waals surface area contributed by atoms with Gasteiger partial charge in [-0.2, -0.15) is 10.2 Å². The highest BCUT2D eigenvalue weighted by molar-refractivity contribution is 5.51. The van der Waals surface area contributed by atoms with Gasteiger partial charge in [0.2, 0.25) is 0 Å². The van der Waals surface area contributed by atoms with Gasteiger partial charge in [-0.3, -0.25) is 0 Å². The second-order valence-electron chi connectivity index (χ2n) is 5.85. The number of azo groups is 1. The third-order valence-corrected chi connectivity index (χ3v) is 3.69. The summed E-state index contributed by atoms with van der Waals surface area (Å²) in [4.78, 5) is 0. The number of hydrogen-bond acceptors (Lipinski definition) is 4. The first-order valence-electron chi connectivity index (χ1n) is 9.04. The van der Waals surface area contributed by atoms with Crippen LogP contribution in [0.5, 0.6) is 0 Å². The fourth-order valence-electron chi connectivity index (χ4n) is 2.29. The zero-order chi connectivity index (χ0) is 19.3. The normalized spacial score (nSPS) is 10.0. The van der Waals surface area contributed by atoms with Gasteiger partial charge in [0.25, 0.3) is 0 Å². The summed E-state index contributed by atoms with van der Waals surface area (Å²) in [5.74, 6) is 0. The lowest BCUT2D eigenvalue weighted by Crippen LogP contribution is -2.07. The fourth-order valence-corrected chi connectivity index (χ4v) is 2.29. The number of hydrogen-bond donors (Lipinski definition) is 2. The summed E-state index contributed by atoms with van der Waals surface area (Å²) in [6, 6.07) is 39.4. The van der Waals surface area contributed by atoms with Gasteiger partial charge >= 0.3 is 0 Å². The number of benzene rings is 4. The Bertz CT molecular complexity index is 860. The molecule has 4 heteroatoms. The molecular weight excluding hydrogens is 344 g/mol. The first-order chi connectivity index (χ1) is 13.9. The third kappa shape index (κ3) is 6.77. The van der Waals surface area contributed by atoms with Crippen LogP contribution in [0.15, 0.2) is 132 Å². The summed E-state index contributed by atoms with van der Waals surface area (Å²) in [7, 11) is 0. The molecule has 0 aliphatic carbocycles. The minimum absolute atomic E-state index is 0.872. The van der Waals surface area contributed by atoms with Crippen LogP contribution < -0.4 is 10.9 Å². The molecule has 138 valence electrons. The molecule has 0 saturated carbocycles. The van der Waals surface area contributed by atoms with Crippen molar-refractivity contribution in [1.82, 2.24) is 0 Å². The van der Waals surface area contributed by atoms with E-state index < -0.39 is 0 Å². The van der Waals surface area contributed by atoms with Gasteiger partial charge in [-0.25, -0.2) is 0 Å². The highest BCUT2D eigenvalue weighted by atomic mass is 15.4. The van der Waals surface area contributed by atoms with Gasteiger partial charge in [-0.1, -0.05) is 72.8 Å². The quantitative estimate of drug-likeness (QED) is 0.289. The van der Waals surface area contributed by atoms with Crippen LogP contribution in [-0.2, 0) is 0 Å². The molecule has 0 saturated heterocycles. The van der Waals surface area contributed by atoms with Crippen molar-refractivity contribution in [3.05, 3.63) is 121 Å². The maximum absolute atomic E-state index is 4.10. The maximum Gasteiger partial charge on any atom is 0.0857 e. The highest BCUT2D eigenvalue weighted by Gasteiger charge is 1.89. The zero-order valence-corrected chi connectivity index (χ0v) is 15.4. The van der Waals surface area contributed by atoms with Crippen molar-refractivity contribution in [2.75, 3.05) is 10.9 Å². The number of para-hydroxylation sites is 2. The molecule has 0 heterocycles. The van der Waals surface area contributed by atoms with Crippen LogP contribution in [0.2, 0.25) is 0 Å². The number of nitrogens with zero attached hydrogens (tertiary/aromatic N) is 2. The minimum Gasteiger partial charge on any atom is -0.301 e. The predicted octanol–water partition coefficient (Wildman–Crippen LogP) is 7.23. The topological polar surface area (TPSA) is 48.8 Å². The summed E-state index contributed by atoms with van der Waals surface area (Å²) in [6.45, 7) is 0. The molecule has 0 aliphatic rings. The first-order valence-corrected chi connectivity index (χ1v) is 9.04. The Hall–Kier alpha value is -3.92. The van der Waals surface area contributed by atoms with Crippen molar-refractivity contribution in [3.63, 3.8) is 0 Å². The molecule has 4 aromatic rings. The average Bonchev–Trinajstić information content (AvgIpc) is 2.80. The van der Waals surface area contributed by atoms with Crippen molar-refractivity contribution in [3.8, 4) is 0 Å². The van der Waals surface area contributed by atoms with Crippen LogP contribution >= 0.6 is 0 Å². The van der Waals surface area contributed by atoms with E-state index in [9.17, 15) is 0 Å². The molecule has 28 heavy (non-hydrogen) atoms. The summed E-state index contributed by atoms with van der Waals surface area (Å²) < 4.78 is 0. The van der Waals surface area contributed by atoms with E-state index in [4.69, 9.17) is 0 Å². The number of anilines is 2. The summed E-state index contributed by atoms with van der Waals surface area (Å²) in [5, 5.41) is 8.20. The van der Waals surface area contributed by atoms with E-state index in [0.29, 0.717) is 0 Å². The zero-order valence-electron chi connectivity index (χ0n) is 15.4. The number of nitrogens with one attached hydrogen (secondary N) is 2. The van der Waals surface area contributed by atoms with Crippen molar-refractivity contribution >= 4 is 22.7 Å². The van der Waals surface area contributed by atoms with Crippen LogP contribution in [0.1, 0.15) is 0 Å². The van der Waals surface area contributed by atoms with Gasteiger partial charge < -0.3 is 10.9 Å². The molecule has 4 rings (SSSR count). The molecule has 0 atom stereocenters. The van der Waals surface area contributed by atoms with Crippen molar-refractivity contribution in [1.29, 1.82) is 0 Å². The SMILES string of the molecule is c1ccc(N=Nc2ccccc2)cc1.c1ccc(NNc2ccccc2)cc1. The highest BCUT2D eigenvalue weighted by Crippen LogP contribution is 2.16. The van der Waals surface area contributed by atoms with Gasteiger partial charge in [0.1, 0.15) is 0 Å². The Morgan fingerprint density at radius 3 is 0.964 bits per heavy atom. The van der Waals surface area contributed by atoms with Crippen LogP contribution in [0.4, 0.5) is 22.7 Å². The molecule has 0 fully saturated rings. The van der Waals surface area contributed by atoms with Crippen LogP contribution in [-0.4, -0.2) is 0 Å².